The monoisotopic (exact) mass is 498 g/mol. The van der Waals surface area contributed by atoms with E-state index in [1.807, 2.05) is 30.3 Å². The van der Waals surface area contributed by atoms with Crippen LogP contribution in [0.5, 0.6) is 0 Å². The molecular formula is C22H15Cl4O3P. The highest BCUT2D eigenvalue weighted by atomic mass is 35.5. The highest BCUT2D eigenvalue weighted by Gasteiger charge is 2.43. The molecule has 3 aromatic rings. The van der Waals surface area contributed by atoms with Crippen molar-refractivity contribution in [2.45, 2.75) is 6.42 Å². The predicted octanol–water partition coefficient (Wildman–Crippen LogP) is 7.89. The zero-order valence-corrected chi connectivity index (χ0v) is 19.4. The van der Waals surface area contributed by atoms with E-state index in [-0.39, 0.29) is 43.8 Å². The third kappa shape index (κ3) is 4.66. The number of hydrogen-bond donors (Lipinski definition) is 0. The summed E-state index contributed by atoms with van der Waals surface area (Å²) in [4.78, 5) is 26.9. The van der Waals surface area contributed by atoms with Gasteiger partial charge >= 0.3 is 0 Å². The van der Waals surface area contributed by atoms with Crippen molar-refractivity contribution < 1.29 is 14.2 Å². The van der Waals surface area contributed by atoms with Gasteiger partial charge in [0.05, 0.1) is 31.2 Å². The van der Waals surface area contributed by atoms with Crippen LogP contribution in [0.2, 0.25) is 20.1 Å². The lowest BCUT2D eigenvalue weighted by Crippen LogP contribution is -2.16. The maximum atomic E-state index is 14.1. The molecule has 0 N–H and O–H groups in total. The molecule has 3 aromatic carbocycles. The summed E-state index contributed by atoms with van der Waals surface area (Å²) in [6.45, 7) is 0. The standard InChI is InChI=1S/C22H15Cl4O3P/c23-15-8-4-9-16(24)19(15)21(27)30(29,13-12-14-6-2-1-3-7-14)22(28)20-17(25)10-5-11-18(20)26/h1-11H,12-13H2. The maximum Gasteiger partial charge on any atom is 0.231 e. The molecule has 0 bridgehead atoms. The summed E-state index contributed by atoms with van der Waals surface area (Å²) in [5.74, 6) is 0. The molecule has 0 unspecified atom stereocenters. The third-order valence-corrected chi connectivity index (χ3v) is 8.44. The molecule has 3 rings (SSSR count). The number of benzene rings is 3. The van der Waals surface area contributed by atoms with Crippen molar-refractivity contribution >= 4 is 64.6 Å². The molecule has 30 heavy (non-hydrogen) atoms. The molecule has 154 valence electrons. The van der Waals surface area contributed by atoms with Crippen LogP contribution in [0.4, 0.5) is 0 Å². The SMILES string of the molecule is O=C(c1c(Cl)cccc1Cl)P(=O)(CCc1ccccc1)C(=O)c1c(Cl)cccc1Cl. The minimum absolute atomic E-state index is 0.0190. The number of halogens is 4. The van der Waals surface area contributed by atoms with E-state index in [0.717, 1.165) is 5.56 Å². The highest BCUT2D eigenvalue weighted by molar-refractivity contribution is 7.95. The van der Waals surface area contributed by atoms with Gasteiger partial charge in [0, 0.05) is 6.16 Å². The Morgan fingerprint density at radius 1 is 0.633 bits per heavy atom. The van der Waals surface area contributed by atoms with Crippen molar-refractivity contribution in [1.29, 1.82) is 0 Å². The zero-order valence-electron chi connectivity index (χ0n) is 15.4. The fourth-order valence-electron chi connectivity index (χ4n) is 2.99. The Bertz CT molecular complexity index is 1050. The van der Waals surface area contributed by atoms with E-state index in [4.69, 9.17) is 46.4 Å². The quantitative estimate of drug-likeness (QED) is 0.310. The smallest absolute Gasteiger partial charge is 0.231 e. The molecule has 0 aliphatic carbocycles. The number of carbonyl (C=O) groups excluding carboxylic acids is 2. The summed E-state index contributed by atoms with van der Waals surface area (Å²) in [5, 5.41) is 0.0759. The van der Waals surface area contributed by atoms with Crippen LogP contribution in [-0.4, -0.2) is 17.2 Å². The van der Waals surface area contributed by atoms with Gasteiger partial charge in [0.2, 0.25) is 18.2 Å². The number of rotatable bonds is 7. The fourth-order valence-corrected chi connectivity index (χ4v) is 6.76. The van der Waals surface area contributed by atoms with Gasteiger partial charge in [-0.25, -0.2) is 0 Å². The van der Waals surface area contributed by atoms with Crippen LogP contribution in [0.1, 0.15) is 26.3 Å². The molecule has 0 saturated heterocycles. The van der Waals surface area contributed by atoms with E-state index in [1.54, 1.807) is 12.1 Å². The fraction of sp³-hybridized carbons (Fsp3) is 0.0909. The minimum Gasteiger partial charge on any atom is -0.307 e. The van der Waals surface area contributed by atoms with Crippen LogP contribution < -0.4 is 0 Å². The normalized spacial score (nSPS) is 11.3. The number of aryl methyl sites for hydroxylation is 1. The Labute approximate surface area is 194 Å². The molecule has 0 aliphatic heterocycles. The van der Waals surface area contributed by atoms with Crippen molar-refractivity contribution in [3.8, 4) is 0 Å². The van der Waals surface area contributed by atoms with Crippen molar-refractivity contribution in [2.75, 3.05) is 6.16 Å². The molecule has 3 nitrogen and oxygen atoms in total. The first-order valence-electron chi connectivity index (χ1n) is 8.86. The highest BCUT2D eigenvalue weighted by Crippen LogP contribution is 2.55. The first kappa shape index (κ1) is 23.1. The summed E-state index contributed by atoms with van der Waals surface area (Å²) in [5.41, 5.74) is -1.28. The Hall–Kier alpha value is -1.61. The second-order valence-corrected chi connectivity index (χ2v) is 10.9. The Morgan fingerprint density at radius 3 is 1.43 bits per heavy atom. The van der Waals surface area contributed by atoms with Gasteiger partial charge in [0.15, 0.2) is 0 Å². The van der Waals surface area contributed by atoms with Crippen LogP contribution in [0.25, 0.3) is 0 Å². The van der Waals surface area contributed by atoms with Gasteiger partial charge in [-0.15, -0.1) is 0 Å². The molecule has 0 aromatic heterocycles. The van der Waals surface area contributed by atoms with Crippen molar-refractivity contribution in [3.63, 3.8) is 0 Å². The van der Waals surface area contributed by atoms with Gasteiger partial charge in [-0.05, 0) is 36.2 Å². The number of carbonyl (C=O) groups is 2. The summed E-state index contributed by atoms with van der Waals surface area (Å²) in [7, 11) is -4.23. The summed E-state index contributed by atoms with van der Waals surface area (Å²) in [6, 6.07) is 18.1. The van der Waals surface area contributed by atoms with E-state index in [2.05, 4.69) is 0 Å². The largest absolute Gasteiger partial charge is 0.307 e. The Morgan fingerprint density at radius 2 is 1.03 bits per heavy atom. The zero-order chi connectivity index (χ0) is 21.9. The topological polar surface area (TPSA) is 51.2 Å². The summed E-state index contributed by atoms with van der Waals surface area (Å²) >= 11 is 24.7. The first-order chi connectivity index (χ1) is 14.3. The molecule has 0 spiro atoms. The average Bonchev–Trinajstić information content (AvgIpc) is 2.72. The van der Waals surface area contributed by atoms with E-state index < -0.39 is 18.2 Å². The average molecular weight is 500 g/mol. The van der Waals surface area contributed by atoms with E-state index in [1.165, 1.54) is 24.3 Å². The minimum atomic E-state index is -4.23. The van der Waals surface area contributed by atoms with Gasteiger partial charge in [-0.2, -0.15) is 0 Å². The van der Waals surface area contributed by atoms with Gasteiger partial charge in [-0.3, -0.25) is 9.59 Å². The third-order valence-electron chi connectivity index (χ3n) is 4.57. The lowest BCUT2D eigenvalue weighted by atomic mass is 10.2. The van der Waals surface area contributed by atoms with Crippen LogP contribution in [0, 0.1) is 0 Å². The predicted molar refractivity (Wildman–Crippen MR) is 124 cm³/mol. The lowest BCUT2D eigenvalue weighted by Gasteiger charge is -2.19. The second kappa shape index (κ2) is 9.68. The molecule has 0 radical (unpaired) electrons. The van der Waals surface area contributed by atoms with Crippen molar-refractivity contribution in [2.24, 2.45) is 0 Å². The summed E-state index contributed by atoms with van der Waals surface area (Å²) in [6.07, 6.45) is 0.0253. The van der Waals surface area contributed by atoms with Crippen LogP contribution in [-0.2, 0) is 11.0 Å². The second-order valence-electron chi connectivity index (χ2n) is 6.50. The molecule has 0 heterocycles. The Balaban J connectivity index is 2.12. The van der Waals surface area contributed by atoms with Crippen molar-refractivity contribution in [1.82, 2.24) is 0 Å². The molecule has 0 aliphatic rings. The first-order valence-corrected chi connectivity index (χ1v) is 12.3. The molecule has 0 amide bonds. The number of hydrogen-bond acceptors (Lipinski definition) is 3. The van der Waals surface area contributed by atoms with Gasteiger partial charge in [0.1, 0.15) is 0 Å². The van der Waals surface area contributed by atoms with Crippen LogP contribution >= 0.6 is 53.5 Å². The van der Waals surface area contributed by atoms with Crippen LogP contribution in [0.15, 0.2) is 66.7 Å². The molecule has 0 atom stereocenters. The van der Waals surface area contributed by atoms with Gasteiger partial charge in [-0.1, -0.05) is 88.9 Å². The molecule has 8 heteroatoms. The van der Waals surface area contributed by atoms with Crippen LogP contribution in [0.3, 0.4) is 0 Å². The molecular weight excluding hydrogens is 485 g/mol. The van der Waals surface area contributed by atoms with E-state index >= 15 is 0 Å². The van der Waals surface area contributed by atoms with E-state index in [9.17, 15) is 14.2 Å². The lowest BCUT2D eigenvalue weighted by molar-refractivity contribution is 0.103. The molecule has 0 fully saturated rings. The Kier molecular flexibility index (Phi) is 7.44. The van der Waals surface area contributed by atoms with Crippen molar-refractivity contribution in [3.05, 3.63) is 104 Å². The van der Waals surface area contributed by atoms with Gasteiger partial charge < -0.3 is 4.57 Å². The summed E-state index contributed by atoms with van der Waals surface area (Å²) < 4.78 is 14.1. The van der Waals surface area contributed by atoms with Gasteiger partial charge in [0.25, 0.3) is 0 Å². The maximum absolute atomic E-state index is 14.1. The van der Waals surface area contributed by atoms with E-state index in [0.29, 0.717) is 0 Å². The molecule has 0 saturated carbocycles.